The highest BCUT2D eigenvalue weighted by Crippen LogP contribution is 2.01. The third-order valence-electron chi connectivity index (χ3n) is 2.61. The maximum atomic E-state index is 8.70. The van der Waals surface area contributed by atoms with Gasteiger partial charge in [-0.3, -0.25) is 9.97 Å². The van der Waals surface area contributed by atoms with Gasteiger partial charge >= 0.3 is 0 Å². The van der Waals surface area contributed by atoms with E-state index in [2.05, 4.69) is 23.8 Å². The lowest BCUT2D eigenvalue weighted by Crippen LogP contribution is -1.89. The lowest BCUT2D eigenvalue weighted by atomic mass is 10.2. The summed E-state index contributed by atoms with van der Waals surface area (Å²) in [5.41, 5.74) is 3.32. The van der Waals surface area contributed by atoms with E-state index < -0.39 is 0 Å². The van der Waals surface area contributed by atoms with Crippen molar-refractivity contribution in [3.63, 3.8) is 0 Å². The van der Waals surface area contributed by atoms with Crippen LogP contribution in [-0.2, 0) is 19.4 Å². The fourth-order valence-electron chi connectivity index (χ4n) is 1.45. The molecule has 3 heteroatoms. The molecule has 0 saturated heterocycles. The third-order valence-corrected chi connectivity index (χ3v) is 2.61. The van der Waals surface area contributed by atoms with Crippen molar-refractivity contribution in [1.82, 2.24) is 9.97 Å². The molecule has 0 unspecified atom stereocenters. The first-order valence-corrected chi connectivity index (χ1v) is 6.23. The van der Waals surface area contributed by atoms with Crippen LogP contribution in [0.1, 0.15) is 30.7 Å². The Bertz CT molecular complexity index is 424. The Labute approximate surface area is 109 Å². The zero-order valence-corrected chi connectivity index (χ0v) is 11.0. The molecule has 0 saturated carbocycles. The topological polar surface area (TPSA) is 46.0 Å². The minimum atomic E-state index is 0.0356. The molecule has 2 heterocycles. The fourth-order valence-corrected chi connectivity index (χ4v) is 1.45. The minimum Gasteiger partial charge on any atom is -0.390 e. The van der Waals surface area contributed by atoms with Crippen LogP contribution >= 0.6 is 0 Å². The maximum Gasteiger partial charge on any atom is 0.0853 e. The van der Waals surface area contributed by atoms with Gasteiger partial charge in [0.05, 0.1) is 12.3 Å². The number of hydrogen-bond acceptors (Lipinski definition) is 3. The zero-order chi connectivity index (χ0) is 13.2. The van der Waals surface area contributed by atoms with Crippen LogP contribution in [0, 0.1) is 0 Å². The molecule has 0 fully saturated rings. The first kappa shape index (κ1) is 14.3. The molecule has 0 aliphatic rings. The van der Waals surface area contributed by atoms with Crippen LogP contribution in [0.2, 0.25) is 0 Å². The Balaban J connectivity index is 0.000000184. The van der Waals surface area contributed by atoms with E-state index in [1.807, 2.05) is 36.7 Å². The fraction of sp³-hybridized carbons (Fsp3) is 0.333. The van der Waals surface area contributed by atoms with Gasteiger partial charge in [0.25, 0.3) is 0 Å². The summed E-state index contributed by atoms with van der Waals surface area (Å²) in [7, 11) is 0. The van der Waals surface area contributed by atoms with Crippen LogP contribution in [0.15, 0.2) is 42.9 Å². The molecule has 0 aliphatic carbocycles. The highest BCUT2D eigenvalue weighted by molar-refractivity contribution is 5.15. The molecule has 0 radical (unpaired) electrons. The molecule has 0 amide bonds. The summed E-state index contributed by atoms with van der Waals surface area (Å²) < 4.78 is 0. The molecule has 0 atom stereocenters. The predicted molar refractivity (Wildman–Crippen MR) is 73.2 cm³/mol. The van der Waals surface area contributed by atoms with Crippen molar-refractivity contribution in [3.05, 3.63) is 59.7 Å². The quantitative estimate of drug-likeness (QED) is 0.903. The Morgan fingerprint density at radius 3 is 2.06 bits per heavy atom. The molecule has 3 nitrogen and oxygen atoms in total. The maximum absolute atomic E-state index is 8.70. The second-order valence-corrected chi connectivity index (χ2v) is 3.88. The van der Waals surface area contributed by atoms with Gasteiger partial charge in [-0.2, -0.15) is 0 Å². The number of hydrogen-bond donors (Lipinski definition) is 1. The van der Waals surface area contributed by atoms with Gasteiger partial charge < -0.3 is 5.11 Å². The van der Waals surface area contributed by atoms with Gasteiger partial charge in [-0.1, -0.05) is 13.8 Å². The average Bonchev–Trinajstić information content (AvgIpc) is 2.48. The van der Waals surface area contributed by atoms with Crippen molar-refractivity contribution >= 4 is 0 Å². The SMILES string of the molecule is CCc1ccnc(CO)c1.CCc1ccncc1. The average molecular weight is 244 g/mol. The standard InChI is InChI=1S/C8H11NO.C7H9N/c1-2-7-3-4-9-8(5-7)6-10;1-2-7-3-5-8-6-4-7/h3-5,10H,2,6H2,1H3;3-6H,2H2,1H3. The van der Waals surface area contributed by atoms with E-state index in [0.29, 0.717) is 0 Å². The Morgan fingerprint density at radius 2 is 1.56 bits per heavy atom. The van der Waals surface area contributed by atoms with Crippen molar-refractivity contribution in [3.8, 4) is 0 Å². The summed E-state index contributed by atoms with van der Waals surface area (Å²) in [4.78, 5) is 7.85. The second kappa shape index (κ2) is 8.37. The number of nitrogens with zero attached hydrogens (tertiary/aromatic N) is 2. The molecule has 96 valence electrons. The molecule has 0 spiro atoms. The van der Waals surface area contributed by atoms with Gasteiger partial charge in [0.2, 0.25) is 0 Å². The van der Waals surface area contributed by atoms with Crippen molar-refractivity contribution in [1.29, 1.82) is 0 Å². The molecule has 18 heavy (non-hydrogen) atoms. The van der Waals surface area contributed by atoms with Crippen molar-refractivity contribution in [2.24, 2.45) is 0 Å². The second-order valence-electron chi connectivity index (χ2n) is 3.88. The van der Waals surface area contributed by atoms with E-state index in [0.717, 1.165) is 18.5 Å². The molecule has 0 aliphatic heterocycles. The number of aliphatic hydroxyl groups is 1. The number of pyridine rings is 2. The molecule has 2 rings (SSSR count). The van der Waals surface area contributed by atoms with Crippen LogP contribution in [0.25, 0.3) is 0 Å². The van der Waals surface area contributed by atoms with E-state index >= 15 is 0 Å². The Morgan fingerprint density at radius 1 is 0.944 bits per heavy atom. The van der Waals surface area contributed by atoms with E-state index in [1.165, 1.54) is 11.1 Å². The van der Waals surface area contributed by atoms with Crippen molar-refractivity contribution < 1.29 is 5.11 Å². The monoisotopic (exact) mass is 244 g/mol. The molecule has 1 N–H and O–H groups in total. The van der Waals surface area contributed by atoms with Crippen LogP contribution in [0.4, 0.5) is 0 Å². The first-order chi connectivity index (χ1) is 8.80. The summed E-state index contributed by atoms with van der Waals surface area (Å²) in [6.07, 6.45) is 7.46. The first-order valence-electron chi connectivity index (χ1n) is 6.23. The van der Waals surface area contributed by atoms with Gasteiger partial charge in [0, 0.05) is 18.6 Å². The molecule has 0 bridgehead atoms. The smallest absolute Gasteiger partial charge is 0.0853 e. The Hall–Kier alpha value is -1.74. The van der Waals surface area contributed by atoms with Crippen LogP contribution in [0.5, 0.6) is 0 Å². The van der Waals surface area contributed by atoms with Crippen LogP contribution < -0.4 is 0 Å². The van der Waals surface area contributed by atoms with Gasteiger partial charge in [-0.05, 0) is 48.2 Å². The normalized spacial score (nSPS) is 9.50. The van der Waals surface area contributed by atoms with E-state index in [-0.39, 0.29) is 6.61 Å². The molecular formula is C15H20N2O. The van der Waals surface area contributed by atoms with E-state index in [9.17, 15) is 0 Å². The molecular weight excluding hydrogens is 224 g/mol. The third kappa shape index (κ3) is 5.06. The Kier molecular flexibility index (Phi) is 6.66. The number of aromatic nitrogens is 2. The summed E-state index contributed by atoms with van der Waals surface area (Å²) in [5.74, 6) is 0. The summed E-state index contributed by atoms with van der Waals surface area (Å²) >= 11 is 0. The largest absolute Gasteiger partial charge is 0.390 e. The van der Waals surface area contributed by atoms with Gasteiger partial charge in [-0.25, -0.2) is 0 Å². The number of aliphatic hydroxyl groups excluding tert-OH is 1. The lowest BCUT2D eigenvalue weighted by molar-refractivity contribution is 0.276. The van der Waals surface area contributed by atoms with Gasteiger partial charge in [-0.15, -0.1) is 0 Å². The molecule has 0 aromatic carbocycles. The highest BCUT2D eigenvalue weighted by atomic mass is 16.3. The van der Waals surface area contributed by atoms with Crippen molar-refractivity contribution in [2.75, 3.05) is 0 Å². The van der Waals surface area contributed by atoms with Gasteiger partial charge in [0.15, 0.2) is 0 Å². The minimum absolute atomic E-state index is 0.0356. The summed E-state index contributed by atoms with van der Waals surface area (Å²) in [6.45, 7) is 4.25. The molecule has 2 aromatic heterocycles. The van der Waals surface area contributed by atoms with Crippen LogP contribution in [-0.4, -0.2) is 15.1 Å². The highest BCUT2D eigenvalue weighted by Gasteiger charge is 1.91. The predicted octanol–water partition coefficient (Wildman–Crippen LogP) is 2.78. The van der Waals surface area contributed by atoms with E-state index in [1.54, 1.807) is 6.20 Å². The number of aryl methyl sites for hydroxylation is 2. The van der Waals surface area contributed by atoms with Gasteiger partial charge in [0.1, 0.15) is 0 Å². The summed E-state index contributed by atoms with van der Waals surface area (Å²) in [5, 5.41) is 8.70. The van der Waals surface area contributed by atoms with Crippen LogP contribution in [0.3, 0.4) is 0 Å². The van der Waals surface area contributed by atoms with Crippen molar-refractivity contribution in [2.45, 2.75) is 33.3 Å². The van der Waals surface area contributed by atoms with E-state index in [4.69, 9.17) is 5.11 Å². The zero-order valence-electron chi connectivity index (χ0n) is 11.0. The lowest BCUT2D eigenvalue weighted by Gasteiger charge is -1.97. The number of rotatable bonds is 3. The summed E-state index contributed by atoms with van der Waals surface area (Å²) in [6, 6.07) is 7.93. The molecule has 2 aromatic rings.